The van der Waals surface area contributed by atoms with E-state index in [9.17, 15) is 0 Å². The van der Waals surface area contributed by atoms with E-state index in [4.69, 9.17) is 10.2 Å². The van der Waals surface area contributed by atoms with E-state index in [1.54, 1.807) is 11.3 Å². The second-order valence-electron chi connectivity index (χ2n) is 4.43. The second kappa shape index (κ2) is 9.99. The van der Waals surface area contributed by atoms with Gasteiger partial charge in [0.15, 0.2) is 0 Å². The molecular weight excluding hydrogens is 258 g/mol. The standard InChI is InChI=1S/C15H23NO2S/c1-2-3-7-16(8-10-18)12-15-11-14(13-19-15)6-4-5-9-17/h11,13,17-18H,2-3,5,7-10,12H2,1H3. The van der Waals surface area contributed by atoms with Crippen LogP contribution in [-0.2, 0) is 6.54 Å². The molecule has 1 heterocycles. The minimum absolute atomic E-state index is 0.116. The molecule has 1 aromatic heterocycles. The fraction of sp³-hybridized carbons (Fsp3) is 0.600. The molecule has 106 valence electrons. The third kappa shape index (κ3) is 6.74. The number of rotatable bonds is 8. The number of aliphatic hydroxyl groups is 2. The molecular formula is C15H23NO2S. The molecule has 0 atom stereocenters. The third-order valence-electron chi connectivity index (χ3n) is 2.75. The van der Waals surface area contributed by atoms with Gasteiger partial charge in [-0.1, -0.05) is 25.2 Å². The highest BCUT2D eigenvalue weighted by molar-refractivity contribution is 7.10. The van der Waals surface area contributed by atoms with Crippen molar-refractivity contribution in [1.82, 2.24) is 4.90 Å². The van der Waals surface area contributed by atoms with Crippen LogP contribution in [0, 0.1) is 11.8 Å². The van der Waals surface area contributed by atoms with Gasteiger partial charge in [0.2, 0.25) is 0 Å². The van der Waals surface area contributed by atoms with Gasteiger partial charge in [-0.05, 0) is 19.0 Å². The summed E-state index contributed by atoms with van der Waals surface area (Å²) in [6.07, 6.45) is 2.86. The third-order valence-corrected chi connectivity index (χ3v) is 3.67. The maximum absolute atomic E-state index is 9.08. The summed E-state index contributed by atoms with van der Waals surface area (Å²) in [6.45, 7) is 5.14. The van der Waals surface area contributed by atoms with Crippen molar-refractivity contribution < 1.29 is 10.2 Å². The van der Waals surface area contributed by atoms with Crippen molar-refractivity contribution >= 4 is 11.3 Å². The Hall–Kier alpha value is -0.860. The van der Waals surface area contributed by atoms with Crippen LogP contribution in [0.5, 0.6) is 0 Å². The predicted molar refractivity (Wildman–Crippen MR) is 80.2 cm³/mol. The van der Waals surface area contributed by atoms with Gasteiger partial charge >= 0.3 is 0 Å². The van der Waals surface area contributed by atoms with Gasteiger partial charge in [0.05, 0.1) is 13.2 Å². The van der Waals surface area contributed by atoms with Crippen LogP contribution in [0.4, 0.5) is 0 Å². The lowest BCUT2D eigenvalue weighted by Gasteiger charge is -2.19. The number of nitrogens with zero attached hydrogens (tertiary/aromatic N) is 1. The highest BCUT2D eigenvalue weighted by atomic mass is 32.1. The molecule has 0 aliphatic heterocycles. The summed E-state index contributed by atoms with van der Waals surface area (Å²) in [4.78, 5) is 3.55. The van der Waals surface area contributed by atoms with E-state index in [2.05, 4.69) is 35.1 Å². The van der Waals surface area contributed by atoms with Gasteiger partial charge in [-0.25, -0.2) is 0 Å². The maximum Gasteiger partial charge on any atom is 0.0558 e. The Morgan fingerprint density at radius 3 is 2.79 bits per heavy atom. The lowest BCUT2D eigenvalue weighted by atomic mass is 10.2. The van der Waals surface area contributed by atoms with Crippen LogP contribution < -0.4 is 0 Å². The molecule has 3 nitrogen and oxygen atoms in total. The van der Waals surface area contributed by atoms with Gasteiger partial charge in [-0.3, -0.25) is 4.90 Å². The largest absolute Gasteiger partial charge is 0.395 e. The zero-order valence-electron chi connectivity index (χ0n) is 11.6. The first-order chi connectivity index (χ1) is 9.30. The van der Waals surface area contributed by atoms with Crippen molar-refractivity contribution in [3.8, 4) is 11.8 Å². The van der Waals surface area contributed by atoms with Crippen molar-refractivity contribution in [3.63, 3.8) is 0 Å². The Balaban J connectivity index is 2.52. The van der Waals surface area contributed by atoms with Crippen LogP contribution in [0.3, 0.4) is 0 Å². The van der Waals surface area contributed by atoms with E-state index in [-0.39, 0.29) is 13.2 Å². The second-order valence-corrected chi connectivity index (χ2v) is 5.43. The zero-order chi connectivity index (χ0) is 13.9. The molecule has 0 fully saturated rings. The summed E-state index contributed by atoms with van der Waals surface area (Å²) in [5, 5.41) is 19.8. The van der Waals surface area contributed by atoms with E-state index < -0.39 is 0 Å². The van der Waals surface area contributed by atoms with Crippen molar-refractivity contribution in [1.29, 1.82) is 0 Å². The Morgan fingerprint density at radius 2 is 2.11 bits per heavy atom. The van der Waals surface area contributed by atoms with E-state index in [1.807, 2.05) is 0 Å². The summed E-state index contributed by atoms with van der Waals surface area (Å²) in [7, 11) is 0. The summed E-state index contributed by atoms with van der Waals surface area (Å²) in [6, 6.07) is 2.10. The van der Waals surface area contributed by atoms with Crippen molar-refractivity contribution in [2.75, 3.05) is 26.3 Å². The number of unbranched alkanes of at least 4 members (excludes halogenated alkanes) is 1. The van der Waals surface area contributed by atoms with E-state index in [0.29, 0.717) is 6.42 Å². The maximum atomic E-state index is 9.08. The van der Waals surface area contributed by atoms with Gasteiger partial charge in [-0.2, -0.15) is 0 Å². The molecule has 0 aromatic carbocycles. The van der Waals surface area contributed by atoms with Crippen LogP contribution in [0.15, 0.2) is 11.4 Å². The molecule has 0 spiro atoms. The van der Waals surface area contributed by atoms with Gasteiger partial charge in [0.1, 0.15) is 0 Å². The van der Waals surface area contributed by atoms with Gasteiger partial charge < -0.3 is 10.2 Å². The number of aliphatic hydroxyl groups excluding tert-OH is 2. The highest BCUT2D eigenvalue weighted by Crippen LogP contribution is 2.16. The monoisotopic (exact) mass is 281 g/mol. The molecule has 0 radical (unpaired) electrons. The molecule has 2 N–H and O–H groups in total. The quantitative estimate of drug-likeness (QED) is 0.717. The van der Waals surface area contributed by atoms with E-state index >= 15 is 0 Å². The summed E-state index contributed by atoms with van der Waals surface area (Å²) in [5.74, 6) is 5.98. The molecule has 0 aliphatic carbocycles. The Labute approximate surface area is 119 Å². The van der Waals surface area contributed by atoms with E-state index in [1.165, 1.54) is 11.3 Å². The Morgan fingerprint density at radius 1 is 1.26 bits per heavy atom. The van der Waals surface area contributed by atoms with Crippen LogP contribution in [0.2, 0.25) is 0 Å². The van der Waals surface area contributed by atoms with Gasteiger partial charge in [0, 0.05) is 35.3 Å². The number of hydrogen-bond acceptors (Lipinski definition) is 4. The van der Waals surface area contributed by atoms with Crippen molar-refractivity contribution in [2.45, 2.75) is 32.7 Å². The van der Waals surface area contributed by atoms with Gasteiger partial charge in [-0.15, -0.1) is 11.3 Å². The molecule has 0 saturated carbocycles. The Kier molecular flexibility index (Phi) is 8.52. The van der Waals surface area contributed by atoms with Crippen LogP contribution in [0.1, 0.15) is 36.6 Å². The average Bonchev–Trinajstić information content (AvgIpc) is 2.84. The Bertz CT molecular complexity index is 406. The SMILES string of the molecule is CCCCN(CCO)Cc1cc(C#CCCO)cs1. The van der Waals surface area contributed by atoms with E-state index in [0.717, 1.165) is 31.6 Å². The first-order valence-corrected chi connectivity index (χ1v) is 7.68. The van der Waals surface area contributed by atoms with Crippen LogP contribution >= 0.6 is 11.3 Å². The number of hydrogen-bond donors (Lipinski definition) is 2. The minimum Gasteiger partial charge on any atom is -0.395 e. The fourth-order valence-electron chi connectivity index (χ4n) is 1.76. The molecule has 1 aromatic rings. The summed E-state index contributed by atoms with van der Waals surface area (Å²) >= 11 is 1.71. The molecule has 4 heteroatoms. The lowest BCUT2D eigenvalue weighted by Crippen LogP contribution is -2.27. The molecule has 0 aliphatic rings. The first kappa shape index (κ1) is 16.2. The van der Waals surface area contributed by atoms with Crippen molar-refractivity contribution in [3.05, 3.63) is 21.9 Å². The number of thiophene rings is 1. The van der Waals surface area contributed by atoms with Gasteiger partial charge in [0.25, 0.3) is 0 Å². The molecule has 19 heavy (non-hydrogen) atoms. The topological polar surface area (TPSA) is 43.7 Å². The van der Waals surface area contributed by atoms with Crippen LogP contribution in [-0.4, -0.2) is 41.4 Å². The molecule has 1 rings (SSSR count). The molecule has 0 amide bonds. The fourth-order valence-corrected chi connectivity index (χ4v) is 2.62. The highest BCUT2D eigenvalue weighted by Gasteiger charge is 2.06. The smallest absolute Gasteiger partial charge is 0.0558 e. The molecule has 0 unspecified atom stereocenters. The average molecular weight is 281 g/mol. The van der Waals surface area contributed by atoms with Crippen molar-refractivity contribution in [2.24, 2.45) is 0 Å². The molecule has 0 saturated heterocycles. The minimum atomic E-state index is 0.116. The van der Waals surface area contributed by atoms with Crippen LogP contribution in [0.25, 0.3) is 0 Å². The summed E-state index contributed by atoms with van der Waals surface area (Å²) < 4.78 is 0. The first-order valence-electron chi connectivity index (χ1n) is 6.80. The molecule has 0 bridgehead atoms. The lowest BCUT2D eigenvalue weighted by molar-refractivity contribution is 0.189. The normalized spacial score (nSPS) is 10.5. The zero-order valence-corrected chi connectivity index (χ0v) is 12.4. The predicted octanol–water partition coefficient (Wildman–Crippen LogP) is 2.08. The summed E-state index contributed by atoms with van der Waals surface area (Å²) in [5.41, 5.74) is 1.02.